The van der Waals surface area contributed by atoms with Gasteiger partial charge in [-0.05, 0) is 45.4 Å². The van der Waals surface area contributed by atoms with Gasteiger partial charge in [0.05, 0.1) is 6.04 Å². The lowest BCUT2D eigenvalue weighted by molar-refractivity contribution is -0.123. The fourth-order valence-corrected chi connectivity index (χ4v) is 3.22. The van der Waals surface area contributed by atoms with Crippen LogP contribution >= 0.6 is 11.3 Å². The van der Waals surface area contributed by atoms with Crippen molar-refractivity contribution in [3.05, 3.63) is 21.9 Å². The first-order valence-corrected chi connectivity index (χ1v) is 7.06. The fourth-order valence-electron chi connectivity index (χ4n) is 2.20. The van der Waals surface area contributed by atoms with E-state index in [1.165, 1.54) is 9.75 Å². The zero-order chi connectivity index (χ0) is 12.3. The van der Waals surface area contributed by atoms with E-state index in [0.717, 1.165) is 25.8 Å². The van der Waals surface area contributed by atoms with Crippen LogP contribution in [0, 0.1) is 6.92 Å². The van der Waals surface area contributed by atoms with Crippen LogP contribution in [0.2, 0.25) is 0 Å². The van der Waals surface area contributed by atoms with Crippen molar-refractivity contribution in [2.75, 3.05) is 6.54 Å². The molecule has 1 aliphatic heterocycles. The van der Waals surface area contributed by atoms with E-state index in [9.17, 15) is 4.79 Å². The first-order valence-electron chi connectivity index (χ1n) is 6.24. The summed E-state index contributed by atoms with van der Waals surface area (Å²) in [6.07, 6.45) is 3.00. The highest BCUT2D eigenvalue weighted by atomic mass is 32.1. The Morgan fingerprint density at radius 1 is 1.65 bits per heavy atom. The molecular weight excluding hydrogens is 232 g/mol. The molecule has 2 N–H and O–H groups in total. The predicted octanol–water partition coefficient (Wildman–Crippen LogP) is 1.86. The summed E-state index contributed by atoms with van der Waals surface area (Å²) in [5.74, 6) is 0.156. The minimum absolute atomic E-state index is 0.0301. The molecule has 0 radical (unpaired) electrons. The molecule has 0 spiro atoms. The molecule has 1 fully saturated rings. The highest BCUT2D eigenvalue weighted by Gasteiger charge is 2.22. The lowest BCUT2D eigenvalue weighted by Gasteiger charge is -2.16. The van der Waals surface area contributed by atoms with Gasteiger partial charge in [-0.2, -0.15) is 0 Å². The van der Waals surface area contributed by atoms with Gasteiger partial charge in [-0.25, -0.2) is 0 Å². The van der Waals surface area contributed by atoms with Crippen molar-refractivity contribution in [2.24, 2.45) is 0 Å². The minimum atomic E-state index is 0.0301. The molecule has 3 nitrogen and oxygen atoms in total. The Labute approximate surface area is 107 Å². The van der Waals surface area contributed by atoms with Crippen LogP contribution in [0.5, 0.6) is 0 Å². The molecule has 0 aliphatic carbocycles. The normalized spacial score (nSPS) is 21.4. The van der Waals surface area contributed by atoms with Crippen molar-refractivity contribution in [1.29, 1.82) is 0 Å². The molecule has 0 saturated carbocycles. The van der Waals surface area contributed by atoms with E-state index in [2.05, 4.69) is 36.6 Å². The fraction of sp³-hybridized carbons (Fsp3) is 0.615. The average molecular weight is 252 g/mol. The molecule has 1 saturated heterocycles. The van der Waals surface area contributed by atoms with Crippen molar-refractivity contribution in [3.8, 4) is 0 Å². The van der Waals surface area contributed by atoms with Gasteiger partial charge in [0.15, 0.2) is 0 Å². The molecule has 4 heteroatoms. The molecule has 17 heavy (non-hydrogen) atoms. The van der Waals surface area contributed by atoms with Gasteiger partial charge in [0.25, 0.3) is 0 Å². The molecule has 0 bridgehead atoms. The van der Waals surface area contributed by atoms with Crippen molar-refractivity contribution in [2.45, 2.75) is 45.2 Å². The van der Waals surface area contributed by atoms with Crippen molar-refractivity contribution < 1.29 is 4.79 Å². The molecule has 2 atom stereocenters. The molecule has 2 heterocycles. The maximum atomic E-state index is 11.9. The monoisotopic (exact) mass is 252 g/mol. The number of amides is 1. The van der Waals surface area contributed by atoms with Gasteiger partial charge in [0.2, 0.25) is 5.91 Å². The van der Waals surface area contributed by atoms with Crippen molar-refractivity contribution in [1.82, 2.24) is 10.6 Å². The molecule has 0 aromatic carbocycles. The zero-order valence-electron chi connectivity index (χ0n) is 10.5. The third kappa shape index (κ3) is 3.54. The summed E-state index contributed by atoms with van der Waals surface area (Å²) >= 11 is 1.81. The van der Waals surface area contributed by atoms with E-state index in [0.29, 0.717) is 0 Å². The second-order valence-corrected chi connectivity index (χ2v) is 6.15. The summed E-state index contributed by atoms with van der Waals surface area (Å²) in [5, 5.41) is 6.31. The predicted molar refractivity (Wildman–Crippen MR) is 71.4 cm³/mol. The van der Waals surface area contributed by atoms with Crippen molar-refractivity contribution >= 4 is 17.2 Å². The zero-order valence-corrected chi connectivity index (χ0v) is 11.3. The lowest BCUT2D eigenvalue weighted by atomic mass is 10.1. The molecule has 1 aromatic heterocycles. The third-order valence-corrected chi connectivity index (χ3v) is 4.09. The Bertz CT molecular complexity index is 383. The first kappa shape index (κ1) is 12.6. The summed E-state index contributed by atoms with van der Waals surface area (Å²) < 4.78 is 0. The Kier molecular flexibility index (Phi) is 4.18. The second kappa shape index (κ2) is 5.65. The van der Waals surface area contributed by atoms with E-state index in [-0.39, 0.29) is 18.0 Å². The van der Waals surface area contributed by atoms with Gasteiger partial charge in [0, 0.05) is 22.2 Å². The van der Waals surface area contributed by atoms with Crippen LogP contribution in [0.15, 0.2) is 12.1 Å². The van der Waals surface area contributed by atoms with Gasteiger partial charge in [-0.3, -0.25) is 4.79 Å². The summed E-state index contributed by atoms with van der Waals surface area (Å²) in [7, 11) is 0. The standard InChI is InChI=1S/C13H20N2OS/c1-9(8-11-6-5-10(2)17-11)15-13(16)12-4-3-7-14-12/h5-6,9,12,14H,3-4,7-8H2,1-2H3,(H,15,16)/t9?,12-/m1/s1. The van der Waals surface area contributed by atoms with Crippen molar-refractivity contribution in [3.63, 3.8) is 0 Å². The number of hydrogen-bond acceptors (Lipinski definition) is 3. The lowest BCUT2D eigenvalue weighted by Crippen LogP contribution is -2.44. The van der Waals surface area contributed by atoms with Crippen LogP contribution in [-0.2, 0) is 11.2 Å². The van der Waals surface area contributed by atoms with Crippen LogP contribution in [-0.4, -0.2) is 24.5 Å². The number of thiophene rings is 1. The van der Waals surface area contributed by atoms with Gasteiger partial charge in [0.1, 0.15) is 0 Å². The third-order valence-electron chi connectivity index (χ3n) is 3.07. The summed E-state index contributed by atoms with van der Waals surface area (Å²) in [5.41, 5.74) is 0. The Morgan fingerprint density at radius 3 is 3.06 bits per heavy atom. The van der Waals surface area contributed by atoms with Crippen LogP contribution < -0.4 is 10.6 Å². The van der Waals surface area contributed by atoms with E-state index in [1.807, 2.05) is 11.3 Å². The molecule has 1 amide bonds. The van der Waals surface area contributed by atoms with Gasteiger partial charge >= 0.3 is 0 Å². The second-order valence-electron chi connectivity index (χ2n) is 4.78. The topological polar surface area (TPSA) is 41.1 Å². The smallest absolute Gasteiger partial charge is 0.237 e. The molecule has 94 valence electrons. The number of carbonyl (C=O) groups is 1. The largest absolute Gasteiger partial charge is 0.352 e. The van der Waals surface area contributed by atoms with Gasteiger partial charge in [-0.15, -0.1) is 11.3 Å². The van der Waals surface area contributed by atoms with E-state index >= 15 is 0 Å². The number of carbonyl (C=O) groups excluding carboxylic acids is 1. The van der Waals surface area contributed by atoms with Crippen LogP contribution in [0.4, 0.5) is 0 Å². The maximum absolute atomic E-state index is 11.9. The van der Waals surface area contributed by atoms with E-state index in [1.54, 1.807) is 0 Å². The van der Waals surface area contributed by atoms with Crippen LogP contribution in [0.25, 0.3) is 0 Å². The SMILES string of the molecule is Cc1ccc(CC(C)NC(=O)[C@H]2CCCN2)s1. The minimum Gasteiger partial charge on any atom is -0.352 e. The number of rotatable bonds is 4. The number of hydrogen-bond donors (Lipinski definition) is 2. The highest BCUT2D eigenvalue weighted by Crippen LogP contribution is 2.16. The highest BCUT2D eigenvalue weighted by molar-refractivity contribution is 7.11. The summed E-state index contributed by atoms with van der Waals surface area (Å²) in [6.45, 7) is 5.15. The Morgan fingerprint density at radius 2 is 2.47 bits per heavy atom. The van der Waals surface area contributed by atoms with E-state index in [4.69, 9.17) is 0 Å². The molecule has 1 aromatic rings. The van der Waals surface area contributed by atoms with Crippen LogP contribution in [0.3, 0.4) is 0 Å². The Balaban J connectivity index is 1.80. The molecule has 1 aliphatic rings. The molecule has 1 unspecified atom stereocenters. The summed E-state index contributed by atoms with van der Waals surface area (Å²) in [6, 6.07) is 4.52. The van der Waals surface area contributed by atoms with Crippen LogP contribution in [0.1, 0.15) is 29.5 Å². The number of aryl methyl sites for hydroxylation is 1. The van der Waals surface area contributed by atoms with E-state index < -0.39 is 0 Å². The molecular formula is C13H20N2OS. The molecule has 2 rings (SSSR count). The van der Waals surface area contributed by atoms with Gasteiger partial charge < -0.3 is 10.6 Å². The first-order chi connectivity index (χ1) is 8.15. The quantitative estimate of drug-likeness (QED) is 0.859. The maximum Gasteiger partial charge on any atom is 0.237 e. The number of nitrogens with one attached hydrogen (secondary N) is 2. The average Bonchev–Trinajstić information content (AvgIpc) is 2.89. The van der Waals surface area contributed by atoms with Gasteiger partial charge in [-0.1, -0.05) is 0 Å². The Hall–Kier alpha value is -0.870. The summed E-state index contributed by atoms with van der Waals surface area (Å²) in [4.78, 5) is 14.6.